The molecule has 6 nitrogen and oxygen atoms in total. The molecule has 1 N–H and O–H groups in total. The lowest BCUT2D eigenvalue weighted by atomic mass is 10.2. The monoisotopic (exact) mass is 289 g/mol. The summed E-state index contributed by atoms with van der Waals surface area (Å²) >= 11 is 0. The van der Waals surface area contributed by atoms with E-state index in [0.29, 0.717) is 11.6 Å². The minimum absolute atomic E-state index is 0.599. The summed E-state index contributed by atoms with van der Waals surface area (Å²) < 4.78 is 7.75. The van der Waals surface area contributed by atoms with Crippen LogP contribution in [0.25, 0.3) is 0 Å². The fraction of sp³-hybridized carbons (Fsp3) is 0.533. The van der Waals surface area contributed by atoms with Crippen molar-refractivity contribution in [3.63, 3.8) is 0 Å². The first-order chi connectivity index (χ1) is 10.3. The van der Waals surface area contributed by atoms with E-state index >= 15 is 0 Å². The number of anilines is 1. The van der Waals surface area contributed by atoms with Gasteiger partial charge < -0.3 is 10.1 Å². The minimum atomic E-state index is 0.599. The molecule has 0 amide bonds. The molecule has 0 aromatic carbocycles. The smallest absolute Gasteiger partial charge is 0.227 e. The summed E-state index contributed by atoms with van der Waals surface area (Å²) in [6.45, 7) is 8.09. The van der Waals surface area contributed by atoms with Gasteiger partial charge in [0, 0.05) is 13.1 Å². The molecule has 114 valence electrons. The lowest BCUT2D eigenvalue weighted by Gasteiger charge is -2.12. The molecule has 0 radical (unpaired) electrons. The van der Waals surface area contributed by atoms with Crippen molar-refractivity contribution in [1.29, 1.82) is 0 Å². The maximum Gasteiger partial charge on any atom is 0.227 e. The van der Waals surface area contributed by atoms with Gasteiger partial charge in [0.15, 0.2) is 5.75 Å². The topological polar surface area (TPSA) is 64.9 Å². The van der Waals surface area contributed by atoms with Crippen molar-refractivity contribution in [1.82, 2.24) is 19.7 Å². The van der Waals surface area contributed by atoms with E-state index in [1.165, 1.54) is 6.33 Å². The Morgan fingerprint density at radius 2 is 2.05 bits per heavy atom. The Morgan fingerprint density at radius 3 is 2.76 bits per heavy atom. The zero-order valence-electron chi connectivity index (χ0n) is 13.0. The second-order valence-corrected chi connectivity index (χ2v) is 4.83. The van der Waals surface area contributed by atoms with Crippen LogP contribution in [0.1, 0.15) is 39.2 Å². The molecule has 0 saturated carbocycles. The fourth-order valence-corrected chi connectivity index (χ4v) is 2.06. The second-order valence-electron chi connectivity index (χ2n) is 4.83. The standard InChI is InChI=1S/C15H23N5O/c1-4-7-16-14-13(6-3)15(18-11-17-14)21-12-9-19-20(10-12)8-5-2/h9-11H,4-8H2,1-3H3,(H,16,17,18). The van der Waals surface area contributed by atoms with Gasteiger partial charge in [-0.2, -0.15) is 5.10 Å². The van der Waals surface area contributed by atoms with Gasteiger partial charge in [0.1, 0.15) is 12.1 Å². The lowest BCUT2D eigenvalue weighted by Crippen LogP contribution is -2.07. The van der Waals surface area contributed by atoms with Crippen LogP contribution in [0.2, 0.25) is 0 Å². The van der Waals surface area contributed by atoms with Gasteiger partial charge in [0.05, 0.1) is 18.0 Å². The third kappa shape index (κ3) is 3.93. The Morgan fingerprint density at radius 1 is 1.19 bits per heavy atom. The Balaban J connectivity index is 2.17. The third-order valence-electron chi connectivity index (χ3n) is 3.08. The van der Waals surface area contributed by atoms with Crippen LogP contribution >= 0.6 is 0 Å². The normalized spacial score (nSPS) is 10.6. The van der Waals surface area contributed by atoms with Crippen LogP contribution in [0.4, 0.5) is 5.82 Å². The van der Waals surface area contributed by atoms with Crippen molar-refractivity contribution in [2.24, 2.45) is 0 Å². The summed E-state index contributed by atoms with van der Waals surface area (Å²) in [5.41, 5.74) is 0.995. The van der Waals surface area contributed by atoms with E-state index in [1.807, 2.05) is 10.9 Å². The number of nitrogens with one attached hydrogen (secondary N) is 1. The van der Waals surface area contributed by atoms with E-state index < -0.39 is 0 Å². The number of rotatable bonds is 8. The average Bonchev–Trinajstić information content (AvgIpc) is 2.93. The Bertz CT molecular complexity index is 567. The predicted molar refractivity (Wildman–Crippen MR) is 82.8 cm³/mol. The van der Waals surface area contributed by atoms with Crippen LogP contribution in [0, 0.1) is 0 Å². The van der Waals surface area contributed by atoms with Crippen molar-refractivity contribution >= 4 is 5.82 Å². The largest absolute Gasteiger partial charge is 0.435 e. The molecule has 0 aliphatic heterocycles. The number of aryl methyl sites for hydroxylation is 1. The molecule has 0 aliphatic carbocycles. The van der Waals surface area contributed by atoms with Crippen LogP contribution in [0.5, 0.6) is 11.6 Å². The van der Waals surface area contributed by atoms with Gasteiger partial charge in [-0.05, 0) is 19.3 Å². The number of hydrogen-bond donors (Lipinski definition) is 1. The Hall–Kier alpha value is -2.11. The van der Waals surface area contributed by atoms with E-state index in [1.54, 1.807) is 6.20 Å². The minimum Gasteiger partial charge on any atom is -0.435 e. The number of hydrogen-bond acceptors (Lipinski definition) is 5. The molecule has 0 unspecified atom stereocenters. The highest BCUT2D eigenvalue weighted by Gasteiger charge is 2.12. The highest BCUT2D eigenvalue weighted by molar-refractivity contribution is 5.49. The third-order valence-corrected chi connectivity index (χ3v) is 3.08. The van der Waals surface area contributed by atoms with E-state index in [0.717, 1.165) is 43.7 Å². The molecule has 2 aromatic heterocycles. The van der Waals surface area contributed by atoms with E-state index in [2.05, 4.69) is 41.2 Å². The van der Waals surface area contributed by atoms with Crippen LogP contribution < -0.4 is 10.1 Å². The Kier molecular flexibility index (Phi) is 5.54. The molecule has 0 bridgehead atoms. The van der Waals surface area contributed by atoms with Gasteiger partial charge >= 0.3 is 0 Å². The molecular formula is C15H23N5O. The number of ether oxygens (including phenoxy) is 1. The number of aromatic nitrogens is 4. The summed E-state index contributed by atoms with van der Waals surface area (Å²) in [7, 11) is 0. The van der Waals surface area contributed by atoms with Crippen molar-refractivity contribution in [3.8, 4) is 11.6 Å². The SMILES string of the molecule is CCCNc1ncnc(Oc2cnn(CCC)c2)c1CC. The predicted octanol–water partition coefficient (Wildman–Crippen LogP) is 3.26. The van der Waals surface area contributed by atoms with Gasteiger partial charge in [-0.1, -0.05) is 20.8 Å². The van der Waals surface area contributed by atoms with Gasteiger partial charge in [0.25, 0.3) is 0 Å². The average molecular weight is 289 g/mol. The van der Waals surface area contributed by atoms with Gasteiger partial charge in [-0.25, -0.2) is 9.97 Å². The van der Waals surface area contributed by atoms with Gasteiger partial charge in [-0.15, -0.1) is 0 Å². The summed E-state index contributed by atoms with van der Waals surface area (Å²) in [4.78, 5) is 8.56. The molecule has 0 fully saturated rings. The molecule has 21 heavy (non-hydrogen) atoms. The quantitative estimate of drug-likeness (QED) is 0.808. The van der Waals surface area contributed by atoms with Crippen molar-refractivity contribution in [3.05, 3.63) is 24.3 Å². The molecule has 0 aliphatic rings. The summed E-state index contributed by atoms with van der Waals surface area (Å²) in [6.07, 6.45) is 8.04. The van der Waals surface area contributed by atoms with Crippen LogP contribution in [0.15, 0.2) is 18.7 Å². The zero-order valence-corrected chi connectivity index (χ0v) is 13.0. The van der Waals surface area contributed by atoms with Crippen LogP contribution in [-0.4, -0.2) is 26.3 Å². The molecule has 2 rings (SSSR count). The molecule has 2 aromatic rings. The number of nitrogens with zero attached hydrogens (tertiary/aromatic N) is 4. The van der Waals surface area contributed by atoms with E-state index in [-0.39, 0.29) is 0 Å². The van der Waals surface area contributed by atoms with Crippen molar-refractivity contribution < 1.29 is 4.74 Å². The van der Waals surface area contributed by atoms with Crippen LogP contribution in [0.3, 0.4) is 0 Å². The summed E-state index contributed by atoms with van der Waals surface area (Å²) in [6, 6.07) is 0. The molecule has 0 saturated heterocycles. The first-order valence-corrected chi connectivity index (χ1v) is 7.56. The molecule has 6 heteroatoms. The van der Waals surface area contributed by atoms with Crippen molar-refractivity contribution in [2.45, 2.75) is 46.6 Å². The lowest BCUT2D eigenvalue weighted by molar-refractivity contribution is 0.454. The molecular weight excluding hydrogens is 266 g/mol. The van der Waals surface area contributed by atoms with Gasteiger partial charge in [0.2, 0.25) is 5.88 Å². The molecule has 0 spiro atoms. The van der Waals surface area contributed by atoms with E-state index in [9.17, 15) is 0 Å². The highest BCUT2D eigenvalue weighted by atomic mass is 16.5. The zero-order chi connectivity index (χ0) is 15.1. The fourth-order valence-electron chi connectivity index (χ4n) is 2.06. The second kappa shape index (κ2) is 7.61. The summed E-state index contributed by atoms with van der Waals surface area (Å²) in [5.74, 6) is 2.16. The molecule has 2 heterocycles. The first-order valence-electron chi connectivity index (χ1n) is 7.56. The van der Waals surface area contributed by atoms with Crippen LogP contribution in [-0.2, 0) is 13.0 Å². The first kappa shape index (κ1) is 15.3. The van der Waals surface area contributed by atoms with Crippen molar-refractivity contribution in [2.75, 3.05) is 11.9 Å². The highest BCUT2D eigenvalue weighted by Crippen LogP contribution is 2.27. The van der Waals surface area contributed by atoms with Gasteiger partial charge in [-0.3, -0.25) is 4.68 Å². The maximum atomic E-state index is 5.87. The maximum absolute atomic E-state index is 5.87. The summed E-state index contributed by atoms with van der Waals surface area (Å²) in [5, 5.41) is 7.58. The van der Waals surface area contributed by atoms with E-state index in [4.69, 9.17) is 4.74 Å². The Labute approximate surface area is 125 Å². The molecule has 0 atom stereocenters.